The fourth-order valence-electron chi connectivity index (χ4n) is 2.21. The van der Waals surface area contributed by atoms with E-state index < -0.39 is 0 Å². The second-order valence-corrected chi connectivity index (χ2v) is 5.72. The third-order valence-electron chi connectivity index (χ3n) is 3.26. The van der Waals surface area contributed by atoms with Crippen molar-refractivity contribution in [1.29, 1.82) is 0 Å². The summed E-state index contributed by atoms with van der Waals surface area (Å²) < 4.78 is 16.5. The zero-order valence-corrected chi connectivity index (χ0v) is 15.0. The lowest BCUT2D eigenvalue weighted by molar-refractivity contribution is 0.102. The molecule has 0 heterocycles. The summed E-state index contributed by atoms with van der Waals surface area (Å²) in [5.41, 5.74) is 1.22. The van der Waals surface area contributed by atoms with Gasteiger partial charge in [-0.3, -0.25) is 4.79 Å². The van der Waals surface area contributed by atoms with E-state index in [0.717, 1.165) is 5.75 Å². The highest BCUT2D eigenvalue weighted by atomic mass is 16.5. The van der Waals surface area contributed by atoms with E-state index >= 15 is 0 Å². The van der Waals surface area contributed by atoms with E-state index in [-0.39, 0.29) is 12.0 Å². The number of anilines is 1. The minimum absolute atomic E-state index is 0.0801. The predicted molar refractivity (Wildman–Crippen MR) is 98.6 cm³/mol. The molecule has 1 amide bonds. The molecule has 5 nitrogen and oxygen atoms in total. The lowest BCUT2D eigenvalue weighted by atomic mass is 10.2. The van der Waals surface area contributed by atoms with Crippen molar-refractivity contribution in [3.8, 4) is 11.5 Å². The molecule has 0 aliphatic heterocycles. The summed E-state index contributed by atoms with van der Waals surface area (Å²) in [6, 6.07) is 14.4. The van der Waals surface area contributed by atoms with Gasteiger partial charge < -0.3 is 19.5 Å². The number of ether oxygens (including phenoxy) is 3. The molecule has 2 aromatic carbocycles. The van der Waals surface area contributed by atoms with Crippen LogP contribution < -0.4 is 14.8 Å². The average molecular weight is 343 g/mol. The Hall–Kier alpha value is -2.53. The summed E-state index contributed by atoms with van der Waals surface area (Å²) in [4.78, 5) is 12.4. The number of carbonyl (C=O) groups is 1. The maximum absolute atomic E-state index is 12.4. The number of hydrogen-bond acceptors (Lipinski definition) is 4. The van der Waals surface area contributed by atoms with Crippen LogP contribution in [0, 0.1) is 0 Å². The van der Waals surface area contributed by atoms with Gasteiger partial charge in [0.15, 0.2) is 0 Å². The number of amides is 1. The van der Waals surface area contributed by atoms with Crippen LogP contribution in [0.2, 0.25) is 0 Å². The highest BCUT2D eigenvalue weighted by molar-refractivity contribution is 6.04. The summed E-state index contributed by atoms with van der Waals surface area (Å²) >= 11 is 0. The number of benzene rings is 2. The van der Waals surface area contributed by atoms with Crippen LogP contribution in [0.15, 0.2) is 48.5 Å². The number of hydrogen-bond donors (Lipinski definition) is 1. The van der Waals surface area contributed by atoms with Crippen molar-refractivity contribution in [2.75, 3.05) is 25.1 Å². The van der Waals surface area contributed by atoms with Crippen molar-refractivity contribution < 1.29 is 19.0 Å². The summed E-state index contributed by atoms with van der Waals surface area (Å²) in [6.07, 6.45) is 0.0801. The molecular formula is C20H25NO4. The van der Waals surface area contributed by atoms with E-state index in [1.807, 2.05) is 45.0 Å². The lowest BCUT2D eigenvalue weighted by Crippen LogP contribution is -2.13. The van der Waals surface area contributed by atoms with E-state index in [4.69, 9.17) is 14.2 Å². The largest absolute Gasteiger partial charge is 0.491 e. The molecule has 0 aromatic heterocycles. The molecule has 0 fully saturated rings. The zero-order chi connectivity index (χ0) is 18.1. The number of carbonyl (C=O) groups excluding carboxylic acids is 1. The Balaban J connectivity index is 1.98. The molecule has 0 bridgehead atoms. The summed E-state index contributed by atoms with van der Waals surface area (Å²) in [7, 11) is 0. The van der Waals surface area contributed by atoms with Gasteiger partial charge in [-0.15, -0.1) is 0 Å². The number of rotatable bonds is 9. The summed E-state index contributed by atoms with van der Waals surface area (Å²) in [5, 5.41) is 2.88. The molecule has 0 atom stereocenters. The molecule has 5 heteroatoms. The van der Waals surface area contributed by atoms with Gasteiger partial charge in [-0.2, -0.15) is 0 Å². The van der Waals surface area contributed by atoms with Gasteiger partial charge in [0.05, 0.1) is 12.7 Å². The Kier molecular flexibility index (Phi) is 7.29. The van der Waals surface area contributed by atoms with Crippen LogP contribution in [0.3, 0.4) is 0 Å². The first-order valence-electron chi connectivity index (χ1n) is 8.47. The van der Waals surface area contributed by atoms with Gasteiger partial charge in [-0.1, -0.05) is 12.1 Å². The molecule has 0 aliphatic carbocycles. The minimum Gasteiger partial charge on any atom is -0.491 e. The Morgan fingerprint density at radius 3 is 2.56 bits per heavy atom. The Morgan fingerprint density at radius 1 is 1.04 bits per heavy atom. The summed E-state index contributed by atoms with van der Waals surface area (Å²) in [5.74, 6) is 1.17. The third kappa shape index (κ3) is 6.47. The van der Waals surface area contributed by atoms with E-state index in [0.29, 0.717) is 36.8 Å². The van der Waals surface area contributed by atoms with Crippen molar-refractivity contribution in [3.63, 3.8) is 0 Å². The fourth-order valence-corrected chi connectivity index (χ4v) is 2.21. The molecule has 0 unspecified atom stereocenters. The monoisotopic (exact) mass is 343 g/mol. The zero-order valence-electron chi connectivity index (χ0n) is 15.0. The van der Waals surface area contributed by atoms with Crippen LogP contribution in [0.25, 0.3) is 0 Å². The molecule has 0 radical (unpaired) electrons. The minimum atomic E-state index is -0.197. The second-order valence-electron chi connectivity index (χ2n) is 5.72. The Labute approximate surface area is 148 Å². The van der Waals surface area contributed by atoms with Crippen LogP contribution >= 0.6 is 0 Å². The van der Waals surface area contributed by atoms with Crippen molar-refractivity contribution in [3.05, 3.63) is 54.1 Å². The maximum atomic E-state index is 12.4. The first-order valence-corrected chi connectivity index (χ1v) is 8.47. The topological polar surface area (TPSA) is 56.8 Å². The van der Waals surface area contributed by atoms with Gasteiger partial charge in [0.2, 0.25) is 0 Å². The maximum Gasteiger partial charge on any atom is 0.255 e. The Bertz CT molecular complexity index is 685. The van der Waals surface area contributed by atoms with Gasteiger partial charge in [-0.25, -0.2) is 0 Å². The predicted octanol–water partition coefficient (Wildman–Crippen LogP) is 4.14. The highest BCUT2D eigenvalue weighted by Crippen LogP contribution is 2.20. The molecule has 2 aromatic rings. The van der Waals surface area contributed by atoms with Crippen LogP contribution in [-0.2, 0) is 4.74 Å². The molecule has 2 rings (SSSR count). The van der Waals surface area contributed by atoms with Gasteiger partial charge >= 0.3 is 0 Å². The molecule has 134 valence electrons. The third-order valence-corrected chi connectivity index (χ3v) is 3.26. The Morgan fingerprint density at radius 2 is 1.80 bits per heavy atom. The molecule has 0 spiro atoms. The second kappa shape index (κ2) is 9.69. The average Bonchev–Trinajstić information content (AvgIpc) is 2.59. The molecule has 1 N–H and O–H groups in total. The van der Waals surface area contributed by atoms with Crippen LogP contribution in [0.5, 0.6) is 11.5 Å². The highest BCUT2D eigenvalue weighted by Gasteiger charge is 2.08. The molecular weight excluding hydrogens is 318 g/mol. The smallest absolute Gasteiger partial charge is 0.255 e. The van der Waals surface area contributed by atoms with Crippen molar-refractivity contribution in [2.45, 2.75) is 26.9 Å². The lowest BCUT2D eigenvalue weighted by Gasteiger charge is -2.12. The van der Waals surface area contributed by atoms with Crippen molar-refractivity contribution in [2.24, 2.45) is 0 Å². The van der Waals surface area contributed by atoms with Crippen LogP contribution in [0.1, 0.15) is 31.1 Å². The van der Waals surface area contributed by atoms with Gasteiger partial charge in [0.1, 0.15) is 18.1 Å². The van der Waals surface area contributed by atoms with Gasteiger partial charge in [0.25, 0.3) is 5.91 Å². The quantitative estimate of drug-likeness (QED) is 0.695. The van der Waals surface area contributed by atoms with E-state index in [1.165, 1.54) is 0 Å². The van der Waals surface area contributed by atoms with Crippen molar-refractivity contribution in [1.82, 2.24) is 0 Å². The normalized spacial score (nSPS) is 10.6. The summed E-state index contributed by atoms with van der Waals surface area (Å²) in [6.45, 7) is 7.49. The van der Waals surface area contributed by atoms with Gasteiger partial charge in [0, 0.05) is 23.9 Å². The first kappa shape index (κ1) is 18.8. The first-order chi connectivity index (χ1) is 12.1. The standard InChI is InChI=1S/C20H25NO4/c1-4-23-11-12-24-18-9-5-7-16(13-18)20(22)21-17-8-6-10-19(14-17)25-15(2)3/h5-10,13-15H,4,11-12H2,1-3H3,(H,21,22). The molecule has 0 saturated heterocycles. The van der Waals surface area contributed by atoms with E-state index in [9.17, 15) is 4.79 Å². The van der Waals surface area contributed by atoms with E-state index in [1.54, 1.807) is 24.3 Å². The van der Waals surface area contributed by atoms with Crippen LogP contribution in [0.4, 0.5) is 5.69 Å². The van der Waals surface area contributed by atoms with E-state index in [2.05, 4.69) is 5.32 Å². The fraction of sp³-hybridized carbons (Fsp3) is 0.350. The van der Waals surface area contributed by atoms with Crippen LogP contribution in [-0.4, -0.2) is 31.8 Å². The SMILES string of the molecule is CCOCCOc1cccc(C(=O)Nc2cccc(OC(C)C)c2)c1. The molecule has 0 saturated carbocycles. The molecule has 0 aliphatic rings. The van der Waals surface area contributed by atoms with Gasteiger partial charge in [-0.05, 0) is 51.1 Å². The molecule has 25 heavy (non-hydrogen) atoms. The number of nitrogens with one attached hydrogen (secondary N) is 1. The van der Waals surface area contributed by atoms with Crippen molar-refractivity contribution >= 4 is 11.6 Å².